The van der Waals surface area contributed by atoms with Crippen LogP contribution >= 0.6 is 23.4 Å². The van der Waals surface area contributed by atoms with Gasteiger partial charge in [0, 0.05) is 16.9 Å². The van der Waals surface area contributed by atoms with Crippen molar-refractivity contribution in [1.82, 2.24) is 15.6 Å². The molecule has 0 aliphatic carbocycles. The first-order valence-electron chi connectivity index (χ1n) is 7.78. The van der Waals surface area contributed by atoms with Crippen molar-refractivity contribution in [3.63, 3.8) is 0 Å². The van der Waals surface area contributed by atoms with Gasteiger partial charge in [-0.15, -0.1) is 0 Å². The van der Waals surface area contributed by atoms with Gasteiger partial charge in [0.1, 0.15) is 0 Å². The van der Waals surface area contributed by atoms with E-state index in [1.807, 2.05) is 59.5 Å². The molecule has 0 fully saturated rings. The fourth-order valence-electron chi connectivity index (χ4n) is 2.74. The van der Waals surface area contributed by atoms with Crippen LogP contribution in [0.3, 0.4) is 0 Å². The quantitative estimate of drug-likeness (QED) is 0.871. The van der Waals surface area contributed by atoms with Crippen LogP contribution in [-0.2, 0) is 10.5 Å². The van der Waals surface area contributed by atoms with E-state index < -0.39 is 0 Å². The van der Waals surface area contributed by atoms with Gasteiger partial charge in [0.05, 0.1) is 5.70 Å². The first kappa shape index (κ1) is 16.1. The number of halogens is 1. The van der Waals surface area contributed by atoms with Crippen LogP contribution in [0.4, 0.5) is 0 Å². The average Bonchev–Trinajstić information content (AvgIpc) is 3.04. The van der Waals surface area contributed by atoms with Crippen LogP contribution in [0.25, 0.3) is 5.70 Å². The lowest BCUT2D eigenvalue weighted by atomic mass is 10.1. The van der Waals surface area contributed by atoms with E-state index in [9.17, 15) is 4.79 Å². The molecule has 1 amide bonds. The summed E-state index contributed by atoms with van der Waals surface area (Å²) in [6.07, 6.45) is 1.23. The van der Waals surface area contributed by atoms with Gasteiger partial charge in [0.15, 0.2) is 11.5 Å². The molecule has 0 saturated carbocycles. The second kappa shape index (κ2) is 6.82. The summed E-state index contributed by atoms with van der Waals surface area (Å²) in [6, 6.07) is 17.6. The minimum atomic E-state index is -0.374. The van der Waals surface area contributed by atoms with Crippen molar-refractivity contribution in [3.05, 3.63) is 76.8 Å². The number of carbonyl (C=O) groups is 1. The van der Waals surface area contributed by atoms with Crippen LogP contribution in [0, 0.1) is 0 Å². The van der Waals surface area contributed by atoms with Gasteiger partial charge in [0.2, 0.25) is 5.91 Å². The number of amidine groups is 1. The van der Waals surface area contributed by atoms with Gasteiger partial charge in [-0.3, -0.25) is 15.1 Å². The molecule has 1 unspecified atom stereocenters. The van der Waals surface area contributed by atoms with Crippen LogP contribution in [-0.4, -0.2) is 22.3 Å². The Kier molecular flexibility index (Phi) is 4.38. The van der Waals surface area contributed by atoms with E-state index in [2.05, 4.69) is 15.8 Å². The Hall–Kier alpha value is -2.44. The molecular weight excluding hydrogens is 356 g/mol. The number of hydrazone groups is 1. The van der Waals surface area contributed by atoms with Crippen molar-refractivity contribution in [2.45, 2.75) is 12.0 Å². The van der Waals surface area contributed by atoms with Crippen LogP contribution in [0.5, 0.6) is 0 Å². The summed E-state index contributed by atoms with van der Waals surface area (Å²) in [7, 11) is 0. The third kappa shape index (κ3) is 3.23. The fourth-order valence-corrected chi connectivity index (χ4v) is 4.02. The van der Waals surface area contributed by atoms with Crippen molar-refractivity contribution < 1.29 is 4.79 Å². The summed E-state index contributed by atoms with van der Waals surface area (Å²) in [5, 5.41) is 8.79. The Balaban J connectivity index is 1.59. The molecule has 2 aromatic rings. The van der Waals surface area contributed by atoms with E-state index in [1.165, 1.54) is 0 Å². The van der Waals surface area contributed by atoms with Crippen molar-refractivity contribution >= 4 is 40.1 Å². The lowest BCUT2D eigenvalue weighted by Crippen LogP contribution is -2.53. The molecule has 7 heteroatoms. The van der Waals surface area contributed by atoms with Gasteiger partial charge in [-0.1, -0.05) is 71.9 Å². The Morgan fingerprint density at radius 1 is 1.12 bits per heavy atom. The Morgan fingerprint density at radius 2 is 1.88 bits per heavy atom. The van der Waals surface area contributed by atoms with E-state index in [-0.39, 0.29) is 12.2 Å². The molecule has 2 aliphatic heterocycles. The molecule has 0 saturated heterocycles. The molecule has 2 aromatic carbocycles. The van der Waals surface area contributed by atoms with Crippen molar-refractivity contribution in [3.8, 4) is 0 Å². The summed E-state index contributed by atoms with van der Waals surface area (Å²) in [5.41, 5.74) is 5.82. The molecule has 5 nitrogen and oxygen atoms in total. The summed E-state index contributed by atoms with van der Waals surface area (Å²) >= 11 is 7.81. The molecule has 4 rings (SSSR count). The number of rotatable bonds is 3. The van der Waals surface area contributed by atoms with Gasteiger partial charge in [-0.25, -0.2) is 0 Å². The maximum Gasteiger partial charge on any atom is 0.249 e. The second-order valence-corrected chi connectivity index (χ2v) is 6.93. The number of hydrogen-bond donors (Lipinski definition) is 2. The molecule has 0 bridgehead atoms. The highest BCUT2D eigenvalue weighted by molar-refractivity contribution is 8.13. The van der Waals surface area contributed by atoms with Gasteiger partial charge < -0.3 is 5.32 Å². The highest BCUT2D eigenvalue weighted by atomic mass is 35.5. The predicted molar refractivity (Wildman–Crippen MR) is 102 cm³/mol. The highest BCUT2D eigenvalue weighted by Crippen LogP contribution is 2.31. The van der Waals surface area contributed by atoms with Gasteiger partial charge >= 0.3 is 0 Å². The van der Waals surface area contributed by atoms with Crippen LogP contribution in [0.2, 0.25) is 5.02 Å². The molecule has 25 heavy (non-hydrogen) atoms. The molecule has 0 spiro atoms. The lowest BCUT2D eigenvalue weighted by molar-refractivity contribution is -0.118. The van der Waals surface area contributed by atoms with Gasteiger partial charge in [-0.05, 0) is 17.2 Å². The zero-order valence-corrected chi connectivity index (χ0v) is 14.7. The van der Waals surface area contributed by atoms with E-state index in [1.54, 1.807) is 17.8 Å². The van der Waals surface area contributed by atoms with E-state index in [0.717, 1.165) is 27.0 Å². The maximum absolute atomic E-state index is 12.0. The zero-order chi connectivity index (χ0) is 17.2. The SMILES string of the molecule is O=C1C=C(c2ccccc2)N2C(SCc3ccccc3Cl)=NNC2N1. The van der Waals surface area contributed by atoms with E-state index in [0.29, 0.717) is 5.75 Å². The zero-order valence-electron chi connectivity index (χ0n) is 13.1. The number of benzene rings is 2. The lowest BCUT2D eigenvalue weighted by Gasteiger charge is -2.32. The van der Waals surface area contributed by atoms with Crippen molar-refractivity contribution in [2.75, 3.05) is 0 Å². The monoisotopic (exact) mass is 370 g/mol. The number of nitrogens with zero attached hydrogens (tertiary/aromatic N) is 2. The number of amides is 1. The first-order chi connectivity index (χ1) is 12.2. The number of thioether (sulfide) groups is 1. The standard InChI is InChI=1S/C18H15ClN4OS/c19-14-9-5-4-8-13(14)11-25-18-22-21-17-20-16(24)10-15(23(17)18)12-6-2-1-3-7-12/h1-10,17,21H,11H2,(H,20,24). The second-order valence-electron chi connectivity index (χ2n) is 5.58. The fraction of sp³-hybridized carbons (Fsp3) is 0.111. The summed E-state index contributed by atoms with van der Waals surface area (Å²) in [4.78, 5) is 14.0. The van der Waals surface area contributed by atoms with Gasteiger partial charge in [0.25, 0.3) is 0 Å². The Labute approximate surface area is 154 Å². The minimum Gasteiger partial charge on any atom is -0.314 e. The van der Waals surface area contributed by atoms with Crippen LogP contribution < -0.4 is 10.7 Å². The number of hydrogen-bond acceptors (Lipinski definition) is 5. The third-order valence-corrected chi connectivity index (χ3v) is 5.31. The Bertz CT molecular complexity index is 868. The molecule has 2 N–H and O–H groups in total. The van der Waals surface area contributed by atoms with Crippen LogP contribution in [0.15, 0.2) is 65.8 Å². The Morgan fingerprint density at radius 3 is 2.68 bits per heavy atom. The molecule has 2 heterocycles. The maximum atomic E-state index is 12.0. The normalized spacial score (nSPS) is 18.8. The molecular formula is C18H15ClN4OS. The summed E-state index contributed by atoms with van der Waals surface area (Å²) in [6.45, 7) is 0. The van der Waals surface area contributed by atoms with E-state index in [4.69, 9.17) is 11.6 Å². The number of fused-ring (bicyclic) bond motifs is 1. The van der Waals surface area contributed by atoms with Gasteiger partial charge in [-0.2, -0.15) is 5.10 Å². The smallest absolute Gasteiger partial charge is 0.249 e. The molecule has 2 aliphatic rings. The largest absolute Gasteiger partial charge is 0.314 e. The van der Waals surface area contributed by atoms with E-state index >= 15 is 0 Å². The van der Waals surface area contributed by atoms with Crippen LogP contribution in [0.1, 0.15) is 11.1 Å². The first-order valence-corrected chi connectivity index (χ1v) is 9.15. The molecule has 0 radical (unpaired) electrons. The number of nitrogens with one attached hydrogen (secondary N) is 2. The third-order valence-electron chi connectivity index (χ3n) is 3.94. The molecule has 1 atom stereocenters. The topological polar surface area (TPSA) is 56.7 Å². The minimum absolute atomic E-state index is 0.139. The van der Waals surface area contributed by atoms with Crippen molar-refractivity contribution in [2.24, 2.45) is 5.10 Å². The average molecular weight is 371 g/mol. The highest BCUT2D eigenvalue weighted by Gasteiger charge is 2.35. The number of carbonyl (C=O) groups excluding carboxylic acids is 1. The summed E-state index contributed by atoms with van der Waals surface area (Å²) < 4.78 is 0. The predicted octanol–water partition coefficient (Wildman–Crippen LogP) is 3.20. The van der Waals surface area contributed by atoms with Crippen molar-refractivity contribution in [1.29, 1.82) is 0 Å². The molecule has 126 valence electrons. The summed E-state index contributed by atoms with van der Waals surface area (Å²) in [5.74, 6) is 0.555. The molecule has 0 aromatic heterocycles.